The van der Waals surface area contributed by atoms with Gasteiger partial charge in [-0.25, -0.2) is 8.42 Å². The number of nitrogens with zero attached hydrogens (tertiary/aromatic N) is 1. The Morgan fingerprint density at radius 1 is 1.03 bits per heavy atom. The summed E-state index contributed by atoms with van der Waals surface area (Å²) in [6.07, 6.45) is 7.41. The van der Waals surface area contributed by atoms with Crippen LogP contribution in [0.5, 0.6) is 5.75 Å². The van der Waals surface area contributed by atoms with E-state index >= 15 is 0 Å². The van der Waals surface area contributed by atoms with Crippen LogP contribution in [0.2, 0.25) is 0 Å². The first-order chi connectivity index (χ1) is 15.2. The molecule has 6 nitrogen and oxygen atoms in total. The lowest BCUT2D eigenvalue weighted by Crippen LogP contribution is -2.30. The highest BCUT2D eigenvalue weighted by molar-refractivity contribution is 7.92. The monoisotopic (exact) mass is 458 g/mol. The summed E-state index contributed by atoms with van der Waals surface area (Å²) < 4.78 is 31.9. The fourth-order valence-corrected chi connectivity index (χ4v) is 4.91. The Bertz CT molecular complexity index is 980. The molecule has 1 aliphatic rings. The van der Waals surface area contributed by atoms with Crippen molar-refractivity contribution in [3.8, 4) is 5.75 Å². The maximum absolute atomic E-state index is 12.5. The molecule has 1 amide bonds. The molecule has 7 heteroatoms. The van der Waals surface area contributed by atoms with Crippen LogP contribution in [-0.2, 0) is 16.6 Å². The number of ether oxygens (including phenoxy) is 1. The second-order valence-electron chi connectivity index (χ2n) is 8.84. The van der Waals surface area contributed by atoms with E-state index in [0.29, 0.717) is 22.9 Å². The summed E-state index contributed by atoms with van der Waals surface area (Å²) in [5.74, 6) is 1.19. The van der Waals surface area contributed by atoms with Crippen molar-refractivity contribution < 1.29 is 17.9 Å². The van der Waals surface area contributed by atoms with E-state index in [-0.39, 0.29) is 18.6 Å². The zero-order valence-corrected chi connectivity index (χ0v) is 20.0. The third kappa shape index (κ3) is 6.99. The standard InChI is InChI=1S/C25H34N2O4S/c1-19(2)31-24-15-13-23(14-16-24)27(32(3,29)30)18-21-9-11-22(12-10-21)25(28)26-17-20-7-5-4-6-8-20/h9-16,19-20H,4-8,17-18H2,1-3H3,(H,26,28). The predicted molar refractivity (Wildman–Crippen MR) is 129 cm³/mol. The number of hydrogen-bond donors (Lipinski definition) is 1. The summed E-state index contributed by atoms with van der Waals surface area (Å²) in [4.78, 5) is 12.5. The maximum Gasteiger partial charge on any atom is 0.251 e. The molecule has 174 valence electrons. The number of benzene rings is 2. The average Bonchev–Trinajstić information content (AvgIpc) is 2.76. The van der Waals surface area contributed by atoms with Crippen molar-refractivity contribution in [1.29, 1.82) is 0 Å². The minimum Gasteiger partial charge on any atom is -0.491 e. The molecule has 0 aromatic heterocycles. The van der Waals surface area contributed by atoms with Crippen molar-refractivity contribution in [2.75, 3.05) is 17.1 Å². The Morgan fingerprint density at radius 2 is 1.66 bits per heavy atom. The molecule has 0 unspecified atom stereocenters. The van der Waals surface area contributed by atoms with Crippen LogP contribution in [0, 0.1) is 5.92 Å². The van der Waals surface area contributed by atoms with E-state index in [4.69, 9.17) is 4.74 Å². The third-order valence-corrected chi connectivity index (χ3v) is 6.86. The van der Waals surface area contributed by atoms with E-state index in [9.17, 15) is 13.2 Å². The Labute approximate surface area is 192 Å². The largest absolute Gasteiger partial charge is 0.491 e. The molecule has 1 saturated carbocycles. The topological polar surface area (TPSA) is 75.7 Å². The molecule has 0 heterocycles. The molecule has 2 aromatic rings. The average molecular weight is 459 g/mol. The van der Waals surface area contributed by atoms with Crippen LogP contribution in [0.25, 0.3) is 0 Å². The maximum atomic E-state index is 12.5. The van der Waals surface area contributed by atoms with Crippen molar-refractivity contribution in [3.05, 3.63) is 59.7 Å². The molecule has 32 heavy (non-hydrogen) atoms. The Morgan fingerprint density at radius 3 is 2.22 bits per heavy atom. The highest BCUT2D eigenvalue weighted by Crippen LogP contribution is 2.25. The summed E-state index contributed by atoms with van der Waals surface area (Å²) in [5, 5.41) is 3.04. The highest BCUT2D eigenvalue weighted by atomic mass is 32.2. The van der Waals surface area contributed by atoms with Gasteiger partial charge in [-0.3, -0.25) is 9.10 Å². The number of nitrogens with one attached hydrogen (secondary N) is 1. The smallest absolute Gasteiger partial charge is 0.251 e. The fourth-order valence-electron chi connectivity index (χ4n) is 4.02. The van der Waals surface area contributed by atoms with E-state index in [1.165, 1.54) is 42.7 Å². The van der Waals surface area contributed by atoms with Gasteiger partial charge in [0.05, 0.1) is 24.6 Å². The number of anilines is 1. The molecule has 0 radical (unpaired) electrons. The van der Waals surface area contributed by atoms with Crippen LogP contribution in [-0.4, -0.2) is 33.2 Å². The molecule has 3 rings (SSSR count). The summed E-state index contributed by atoms with van der Waals surface area (Å²) >= 11 is 0. The number of amides is 1. The zero-order chi connectivity index (χ0) is 23.1. The van der Waals surface area contributed by atoms with Crippen LogP contribution >= 0.6 is 0 Å². The number of sulfonamides is 1. The van der Waals surface area contributed by atoms with Gasteiger partial charge < -0.3 is 10.1 Å². The van der Waals surface area contributed by atoms with Gasteiger partial charge in [0.25, 0.3) is 5.91 Å². The summed E-state index contributed by atoms with van der Waals surface area (Å²) in [7, 11) is -3.49. The first kappa shape index (κ1) is 24.1. The van der Waals surface area contributed by atoms with Crippen LogP contribution < -0.4 is 14.4 Å². The Balaban J connectivity index is 1.65. The van der Waals surface area contributed by atoms with E-state index < -0.39 is 10.0 Å². The molecular formula is C25H34N2O4S. The molecule has 1 fully saturated rings. The first-order valence-corrected chi connectivity index (χ1v) is 13.2. The van der Waals surface area contributed by atoms with Crippen LogP contribution in [0.3, 0.4) is 0 Å². The van der Waals surface area contributed by atoms with Crippen molar-refractivity contribution in [1.82, 2.24) is 5.32 Å². The molecule has 2 aromatic carbocycles. The van der Waals surface area contributed by atoms with E-state index in [0.717, 1.165) is 12.1 Å². The summed E-state index contributed by atoms with van der Waals surface area (Å²) in [6.45, 7) is 4.79. The van der Waals surface area contributed by atoms with Crippen LogP contribution in [0.1, 0.15) is 61.9 Å². The third-order valence-electron chi connectivity index (χ3n) is 5.72. The van der Waals surface area contributed by atoms with E-state index in [1.807, 2.05) is 26.0 Å². The molecule has 1 N–H and O–H groups in total. The van der Waals surface area contributed by atoms with Crippen molar-refractivity contribution in [3.63, 3.8) is 0 Å². The lowest BCUT2D eigenvalue weighted by Gasteiger charge is -2.23. The Hall–Kier alpha value is -2.54. The van der Waals surface area contributed by atoms with Gasteiger partial charge in [0.15, 0.2) is 0 Å². The van der Waals surface area contributed by atoms with E-state index in [1.54, 1.807) is 36.4 Å². The number of rotatable bonds is 9. The Kier molecular flexibility index (Phi) is 8.18. The van der Waals surface area contributed by atoms with Crippen molar-refractivity contribution in [2.24, 2.45) is 5.92 Å². The fraction of sp³-hybridized carbons (Fsp3) is 0.480. The van der Waals surface area contributed by atoms with Gasteiger partial charge in [-0.15, -0.1) is 0 Å². The van der Waals surface area contributed by atoms with Crippen LogP contribution in [0.15, 0.2) is 48.5 Å². The SMILES string of the molecule is CC(C)Oc1ccc(N(Cc2ccc(C(=O)NCC3CCCCC3)cc2)S(C)(=O)=O)cc1. The molecule has 0 atom stereocenters. The first-order valence-electron chi connectivity index (χ1n) is 11.3. The molecule has 0 bridgehead atoms. The van der Waals surface area contributed by atoms with Gasteiger partial charge in [0, 0.05) is 12.1 Å². The van der Waals surface area contributed by atoms with E-state index in [2.05, 4.69) is 5.32 Å². The molecule has 0 saturated heterocycles. The van der Waals surface area contributed by atoms with Crippen molar-refractivity contribution >= 4 is 21.6 Å². The van der Waals surface area contributed by atoms with Crippen molar-refractivity contribution in [2.45, 2.75) is 58.6 Å². The molecule has 0 aliphatic heterocycles. The van der Waals surface area contributed by atoms with Gasteiger partial charge in [0.1, 0.15) is 5.75 Å². The van der Waals surface area contributed by atoms with Gasteiger partial charge in [0.2, 0.25) is 10.0 Å². The molecule has 1 aliphatic carbocycles. The van der Waals surface area contributed by atoms with Gasteiger partial charge in [-0.2, -0.15) is 0 Å². The zero-order valence-electron chi connectivity index (χ0n) is 19.2. The van der Waals surface area contributed by atoms with Gasteiger partial charge >= 0.3 is 0 Å². The summed E-state index contributed by atoms with van der Waals surface area (Å²) in [5.41, 5.74) is 1.96. The van der Waals surface area contributed by atoms with Crippen LogP contribution in [0.4, 0.5) is 5.69 Å². The quantitative estimate of drug-likeness (QED) is 0.588. The van der Waals surface area contributed by atoms with Gasteiger partial charge in [-0.05, 0) is 74.6 Å². The lowest BCUT2D eigenvalue weighted by molar-refractivity contribution is 0.0943. The lowest BCUT2D eigenvalue weighted by atomic mass is 9.89. The number of hydrogen-bond acceptors (Lipinski definition) is 4. The second kappa shape index (κ2) is 10.9. The minimum atomic E-state index is -3.49. The molecule has 0 spiro atoms. The summed E-state index contributed by atoms with van der Waals surface area (Å²) in [6, 6.07) is 14.2. The highest BCUT2D eigenvalue weighted by Gasteiger charge is 2.19. The predicted octanol–water partition coefficient (Wildman–Crippen LogP) is 4.75. The number of carbonyl (C=O) groups is 1. The minimum absolute atomic E-state index is 0.0465. The molecular weight excluding hydrogens is 424 g/mol. The van der Waals surface area contributed by atoms with Gasteiger partial charge in [-0.1, -0.05) is 31.4 Å². The normalized spacial score (nSPS) is 14.9. The number of carbonyl (C=O) groups excluding carboxylic acids is 1. The second-order valence-corrected chi connectivity index (χ2v) is 10.7.